The summed E-state index contributed by atoms with van der Waals surface area (Å²) in [5, 5.41) is 2.89. The van der Waals surface area contributed by atoms with Gasteiger partial charge in [0.25, 0.3) is 0 Å². The number of hydrogen-bond donors (Lipinski definition) is 1. The summed E-state index contributed by atoms with van der Waals surface area (Å²) in [7, 11) is 2.96. The summed E-state index contributed by atoms with van der Waals surface area (Å²) in [5.41, 5.74) is 3.69. The van der Waals surface area contributed by atoms with Crippen LogP contribution in [0.15, 0.2) is 36.7 Å². The molecule has 0 spiro atoms. The van der Waals surface area contributed by atoms with Crippen molar-refractivity contribution >= 4 is 23.4 Å². The lowest BCUT2D eigenvalue weighted by molar-refractivity contribution is 0.253. The first-order valence-electron chi connectivity index (χ1n) is 10.8. The van der Waals surface area contributed by atoms with Gasteiger partial charge >= 0.3 is 12.0 Å². The van der Waals surface area contributed by atoms with Crippen LogP contribution in [0.3, 0.4) is 0 Å². The predicted molar refractivity (Wildman–Crippen MR) is 124 cm³/mol. The number of nitrogens with one attached hydrogen (secondary N) is 1. The molecule has 2 bridgehead atoms. The Bertz CT molecular complexity index is 1170. The summed E-state index contributed by atoms with van der Waals surface area (Å²) in [6, 6.07) is 7.47. The zero-order chi connectivity index (χ0) is 22.9. The minimum atomic E-state index is -0.306. The van der Waals surface area contributed by atoms with E-state index in [9.17, 15) is 4.79 Å². The zero-order valence-corrected chi connectivity index (χ0v) is 18.8. The normalized spacial score (nSPS) is 15.1. The van der Waals surface area contributed by atoms with Crippen LogP contribution in [0, 0.1) is 6.92 Å². The summed E-state index contributed by atoms with van der Waals surface area (Å²) >= 11 is 0. The van der Waals surface area contributed by atoms with E-state index in [4.69, 9.17) is 14.5 Å². The van der Waals surface area contributed by atoms with Crippen molar-refractivity contribution in [2.75, 3.05) is 42.4 Å². The molecular weight excluding hydrogens is 422 g/mol. The molecule has 0 aliphatic carbocycles. The topological polar surface area (TPSA) is 106 Å². The number of amides is 2. The summed E-state index contributed by atoms with van der Waals surface area (Å²) in [6.45, 7) is 3.75. The predicted octanol–water partition coefficient (Wildman–Crippen LogP) is 3.28. The molecule has 10 heteroatoms. The van der Waals surface area contributed by atoms with E-state index in [1.54, 1.807) is 17.2 Å². The molecule has 0 aromatic carbocycles. The van der Waals surface area contributed by atoms with Crippen molar-refractivity contribution in [1.29, 1.82) is 0 Å². The SMILES string of the molecule is COc1cc(NC(=O)N2c3nc(-c4cncc(C)c4)ccc3N3CCC2CC3)nc(OC)n1. The number of fused-ring (bicyclic) bond motifs is 2. The van der Waals surface area contributed by atoms with E-state index in [2.05, 4.69) is 25.2 Å². The third-order valence-electron chi connectivity index (χ3n) is 5.95. The van der Waals surface area contributed by atoms with Gasteiger partial charge in [0.2, 0.25) is 5.88 Å². The van der Waals surface area contributed by atoms with Crippen LogP contribution in [0.4, 0.5) is 22.1 Å². The second kappa shape index (κ2) is 8.53. The number of piperidine rings is 1. The zero-order valence-electron chi connectivity index (χ0n) is 18.8. The van der Waals surface area contributed by atoms with Crippen molar-refractivity contribution in [2.45, 2.75) is 25.8 Å². The number of urea groups is 1. The van der Waals surface area contributed by atoms with E-state index in [1.807, 2.05) is 31.3 Å². The van der Waals surface area contributed by atoms with Gasteiger partial charge in [0.1, 0.15) is 5.82 Å². The van der Waals surface area contributed by atoms with Gasteiger partial charge in [-0.2, -0.15) is 9.97 Å². The molecule has 33 heavy (non-hydrogen) atoms. The maximum Gasteiger partial charge on any atom is 0.328 e. The lowest BCUT2D eigenvalue weighted by atomic mass is 10.1. The molecule has 3 aliphatic heterocycles. The fourth-order valence-corrected chi connectivity index (χ4v) is 4.35. The Labute approximate surface area is 191 Å². The lowest BCUT2D eigenvalue weighted by Gasteiger charge is -2.31. The molecule has 0 atom stereocenters. The van der Waals surface area contributed by atoms with Crippen LogP contribution < -0.4 is 24.6 Å². The molecule has 0 unspecified atom stereocenters. The average Bonchev–Trinajstić information content (AvgIpc) is 3.09. The van der Waals surface area contributed by atoms with Crippen molar-refractivity contribution in [3.8, 4) is 23.1 Å². The second-order valence-electron chi connectivity index (χ2n) is 8.09. The summed E-state index contributed by atoms with van der Waals surface area (Å²) in [5.74, 6) is 1.23. The quantitative estimate of drug-likeness (QED) is 0.650. The van der Waals surface area contributed by atoms with Crippen molar-refractivity contribution in [3.63, 3.8) is 0 Å². The third-order valence-corrected chi connectivity index (χ3v) is 5.95. The molecule has 6 heterocycles. The summed E-state index contributed by atoms with van der Waals surface area (Å²) in [6.07, 6.45) is 5.32. The number of aryl methyl sites for hydroxylation is 1. The van der Waals surface area contributed by atoms with Crippen LogP contribution in [0.1, 0.15) is 18.4 Å². The highest BCUT2D eigenvalue weighted by atomic mass is 16.5. The smallest absolute Gasteiger partial charge is 0.328 e. The molecule has 1 N–H and O–H groups in total. The van der Waals surface area contributed by atoms with Gasteiger partial charge in [-0.3, -0.25) is 15.2 Å². The first kappa shape index (κ1) is 20.9. The lowest BCUT2D eigenvalue weighted by Crippen LogP contribution is -2.46. The maximum absolute atomic E-state index is 13.6. The number of rotatable bonds is 4. The van der Waals surface area contributed by atoms with Crippen LogP contribution in [0.2, 0.25) is 0 Å². The van der Waals surface area contributed by atoms with Crippen molar-refractivity contribution in [3.05, 3.63) is 42.2 Å². The Balaban J connectivity index is 1.54. The molecule has 0 saturated carbocycles. The molecule has 3 aromatic rings. The molecule has 1 fully saturated rings. The second-order valence-corrected chi connectivity index (χ2v) is 8.09. The number of hydrogen-bond acceptors (Lipinski definition) is 8. The van der Waals surface area contributed by atoms with E-state index in [0.29, 0.717) is 17.5 Å². The van der Waals surface area contributed by atoms with Gasteiger partial charge < -0.3 is 14.4 Å². The standard InChI is InChI=1S/C23H25N7O3/c1-14-10-15(13-24-12-14)17-4-5-18-21(25-17)30(16-6-8-29(18)9-7-16)23(31)27-19-11-20(32-2)28-22(26-19)33-3/h4-5,10-13,16H,6-9H2,1-3H3,(H,26,27,28,31). The van der Waals surface area contributed by atoms with Crippen LogP contribution in [-0.2, 0) is 0 Å². The minimum Gasteiger partial charge on any atom is -0.481 e. The first-order valence-corrected chi connectivity index (χ1v) is 10.8. The molecular formula is C23H25N7O3. The van der Waals surface area contributed by atoms with Crippen LogP contribution in [0.5, 0.6) is 11.9 Å². The fourth-order valence-electron chi connectivity index (χ4n) is 4.35. The Morgan fingerprint density at radius 1 is 1.06 bits per heavy atom. The highest BCUT2D eigenvalue weighted by Crippen LogP contribution is 2.39. The number of carbonyl (C=O) groups is 1. The van der Waals surface area contributed by atoms with E-state index in [-0.39, 0.29) is 18.1 Å². The van der Waals surface area contributed by atoms with Crippen molar-refractivity contribution in [2.24, 2.45) is 0 Å². The average molecular weight is 447 g/mol. The number of methoxy groups -OCH3 is 2. The van der Waals surface area contributed by atoms with E-state index in [0.717, 1.165) is 48.4 Å². The van der Waals surface area contributed by atoms with Crippen LogP contribution >= 0.6 is 0 Å². The van der Waals surface area contributed by atoms with Gasteiger partial charge in [-0.25, -0.2) is 9.78 Å². The summed E-state index contributed by atoms with van der Waals surface area (Å²) < 4.78 is 10.3. The molecule has 2 amide bonds. The van der Waals surface area contributed by atoms with E-state index >= 15 is 0 Å². The monoisotopic (exact) mass is 447 g/mol. The largest absolute Gasteiger partial charge is 0.481 e. The molecule has 3 aliphatic rings. The summed E-state index contributed by atoms with van der Waals surface area (Å²) in [4.78, 5) is 35.2. The van der Waals surface area contributed by atoms with Crippen molar-refractivity contribution < 1.29 is 14.3 Å². The van der Waals surface area contributed by atoms with Gasteiger partial charge in [0.15, 0.2) is 5.82 Å². The Hall–Kier alpha value is -3.95. The highest BCUT2D eigenvalue weighted by Gasteiger charge is 2.37. The molecule has 0 radical (unpaired) electrons. The Morgan fingerprint density at radius 2 is 1.88 bits per heavy atom. The van der Waals surface area contributed by atoms with Gasteiger partial charge in [-0.15, -0.1) is 0 Å². The van der Waals surface area contributed by atoms with Gasteiger partial charge in [0.05, 0.1) is 25.6 Å². The molecule has 3 aromatic heterocycles. The highest BCUT2D eigenvalue weighted by molar-refractivity contribution is 6.03. The minimum absolute atomic E-state index is 0.0338. The van der Waals surface area contributed by atoms with Crippen LogP contribution in [-0.4, -0.2) is 59.3 Å². The number of pyridine rings is 2. The number of ether oxygens (including phenoxy) is 2. The Kier molecular flexibility index (Phi) is 5.41. The Morgan fingerprint density at radius 3 is 2.61 bits per heavy atom. The molecule has 170 valence electrons. The van der Waals surface area contributed by atoms with Crippen molar-refractivity contribution in [1.82, 2.24) is 19.9 Å². The van der Waals surface area contributed by atoms with Gasteiger partial charge in [-0.1, -0.05) is 0 Å². The van der Waals surface area contributed by atoms with E-state index < -0.39 is 0 Å². The molecule has 10 nitrogen and oxygen atoms in total. The number of aromatic nitrogens is 4. The maximum atomic E-state index is 13.6. The van der Waals surface area contributed by atoms with Gasteiger partial charge in [-0.05, 0) is 43.5 Å². The van der Waals surface area contributed by atoms with Crippen LogP contribution in [0.25, 0.3) is 11.3 Å². The number of carbonyl (C=O) groups excluding carboxylic acids is 1. The molecule has 1 saturated heterocycles. The van der Waals surface area contributed by atoms with E-state index in [1.165, 1.54) is 14.2 Å². The third kappa shape index (κ3) is 3.99. The number of nitrogens with zero attached hydrogens (tertiary/aromatic N) is 6. The fraction of sp³-hybridized carbons (Fsp3) is 0.348. The van der Waals surface area contributed by atoms with Gasteiger partial charge in [0, 0.05) is 43.2 Å². The first-order chi connectivity index (χ1) is 16.1. The molecule has 6 rings (SSSR count). The number of anilines is 3.